The number of allylic oxidation sites excluding steroid dienone is 4. The van der Waals surface area contributed by atoms with E-state index in [4.69, 9.17) is 0 Å². The lowest BCUT2D eigenvalue weighted by Crippen LogP contribution is -1.83. The van der Waals surface area contributed by atoms with Crippen LogP contribution < -0.4 is 0 Å². The van der Waals surface area contributed by atoms with Gasteiger partial charge in [-0.15, -0.1) is 0 Å². The Balaban J connectivity index is 2.69. The van der Waals surface area contributed by atoms with Gasteiger partial charge in [0.1, 0.15) is 11.7 Å². The second-order valence-corrected chi connectivity index (χ2v) is 1.58. The zero-order valence-corrected chi connectivity index (χ0v) is 4.20. The zero-order chi connectivity index (χ0) is 5.98. The van der Waals surface area contributed by atoms with Crippen molar-refractivity contribution in [2.45, 2.75) is 6.42 Å². The van der Waals surface area contributed by atoms with Gasteiger partial charge in [0.15, 0.2) is 0 Å². The predicted octanol–water partition coefficient (Wildman–Crippen LogP) is 2.30. The van der Waals surface area contributed by atoms with E-state index in [0.29, 0.717) is 0 Å². The van der Waals surface area contributed by atoms with Crippen LogP contribution in [0.2, 0.25) is 0 Å². The van der Waals surface area contributed by atoms with Crippen LogP contribution in [0.15, 0.2) is 23.8 Å². The van der Waals surface area contributed by atoms with E-state index >= 15 is 0 Å². The third-order valence-electron chi connectivity index (χ3n) is 0.884. The molecule has 0 saturated heterocycles. The molecule has 0 saturated carbocycles. The van der Waals surface area contributed by atoms with Crippen LogP contribution in [-0.4, -0.2) is 0 Å². The summed E-state index contributed by atoms with van der Waals surface area (Å²) >= 11 is 0. The van der Waals surface area contributed by atoms with Crippen molar-refractivity contribution in [3.8, 4) is 0 Å². The van der Waals surface area contributed by atoms with Gasteiger partial charge in [-0.2, -0.15) is 0 Å². The van der Waals surface area contributed by atoms with Crippen LogP contribution in [-0.2, 0) is 0 Å². The highest BCUT2D eigenvalue weighted by atomic mass is 19.1. The average Bonchev–Trinajstić information content (AvgIpc) is 1.64. The predicted molar refractivity (Wildman–Crippen MR) is 27.3 cm³/mol. The van der Waals surface area contributed by atoms with Gasteiger partial charge in [-0.25, -0.2) is 8.78 Å². The highest BCUT2D eigenvalue weighted by molar-refractivity contribution is 5.24. The van der Waals surface area contributed by atoms with E-state index in [0.717, 1.165) is 6.08 Å². The van der Waals surface area contributed by atoms with Gasteiger partial charge < -0.3 is 0 Å². The molecule has 1 aliphatic carbocycles. The lowest BCUT2D eigenvalue weighted by Gasteiger charge is -1.97. The number of halogens is 2. The molecule has 1 aliphatic rings. The van der Waals surface area contributed by atoms with E-state index in [1.807, 2.05) is 0 Å². The largest absolute Gasteiger partial charge is 0.212 e. The molecule has 1 rings (SSSR count). The molecule has 0 heterocycles. The van der Waals surface area contributed by atoms with Crippen molar-refractivity contribution in [1.82, 2.24) is 0 Å². The van der Waals surface area contributed by atoms with Crippen LogP contribution in [0.3, 0.4) is 0 Å². The molecule has 0 N–H and O–H groups in total. The molecular weight excluding hydrogens is 110 g/mol. The first kappa shape index (κ1) is 5.48. The highest BCUT2D eigenvalue weighted by Gasteiger charge is 2.01. The van der Waals surface area contributed by atoms with Gasteiger partial charge in [0.25, 0.3) is 0 Å². The van der Waals surface area contributed by atoms with Gasteiger partial charge in [-0.3, -0.25) is 0 Å². The molecular formula is C6H5F2. The van der Waals surface area contributed by atoms with Crippen molar-refractivity contribution in [1.29, 1.82) is 0 Å². The second kappa shape index (κ2) is 2.07. The first-order valence-corrected chi connectivity index (χ1v) is 2.34. The smallest absolute Gasteiger partial charge is 0.122 e. The fourth-order valence-corrected chi connectivity index (χ4v) is 0.541. The molecule has 0 atom stereocenters. The molecule has 0 bridgehead atoms. The Morgan fingerprint density at radius 1 is 1.38 bits per heavy atom. The van der Waals surface area contributed by atoms with E-state index in [-0.39, 0.29) is 6.42 Å². The van der Waals surface area contributed by atoms with Crippen LogP contribution in [0.25, 0.3) is 0 Å². The molecule has 2 heteroatoms. The second-order valence-electron chi connectivity index (χ2n) is 1.58. The van der Waals surface area contributed by atoms with E-state index < -0.39 is 11.7 Å². The first-order chi connectivity index (χ1) is 3.79. The molecule has 0 spiro atoms. The topological polar surface area (TPSA) is 0 Å². The summed E-state index contributed by atoms with van der Waals surface area (Å²) in [6.07, 6.45) is 3.82. The van der Waals surface area contributed by atoms with E-state index in [1.165, 1.54) is 12.5 Å². The molecule has 8 heavy (non-hydrogen) atoms. The molecule has 0 nitrogen and oxygen atoms in total. The Labute approximate surface area is 46.5 Å². The number of hydrogen-bond donors (Lipinski definition) is 0. The lowest BCUT2D eigenvalue weighted by molar-refractivity contribution is 0.582. The average molecular weight is 115 g/mol. The summed E-state index contributed by atoms with van der Waals surface area (Å²) in [6, 6.07) is 0. The summed E-state index contributed by atoms with van der Waals surface area (Å²) in [7, 11) is 0. The zero-order valence-electron chi connectivity index (χ0n) is 4.20. The third kappa shape index (κ3) is 1.15. The van der Waals surface area contributed by atoms with Crippen LogP contribution >= 0.6 is 0 Å². The minimum Gasteiger partial charge on any atom is -0.212 e. The van der Waals surface area contributed by atoms with Crippen LogP contribution in [0.5, 0.6) is 0 Å². The molecule has 0 unspecified atom stereocenters. The van der Waals surface area contributed by atoms with Crippen molar-refractivity contribution >= 4 is 0 Å². The molecule has 0 fully saturated rings. The molecule has 0 aromatic rings. The fraction of sp³-hybridized carbons (Fsp3) is 0.167. The molecule has 43 valence electrons. The summed E-state index contributed by atoms with van der Waals surface area (Å²) < 4.78 is 23.9. The van der Waals surface area contributed by atoms with Gasteiger partial charge in [0, 0.05) is 12.5 Å². The van der Waals surface area contributed by atoms with Gasteiger partial charge in [0.2, 0.25) is 0 Å². The fourth-order valence-electron chi connectivity index (χ4n) is 0.541. The molecule has 0 aliphatic heterocycles. The minimum atomic E-state index is -0.506. The normalized spacial score (nSPS) is 19.8. The van der Waals surface area contributed by atoms with Crippen molar-refractivity contribution in [2.24, 2.45) is 0 Å². The van der Waals surface area contributed by atoms with Crippen LogP contribution in [0.4, 0.5) is 8.78 Å². The summed E-state index contributed by atoms with van der Waals surface area (Å²) in [5.74, 6) is -0.918. The standard InChI is InChI=1S/C6H5F2/c7-5-2-1-3-6(8)4-5/h1-2,4H,3H2. The SMILES string of the molecule is FC1=C[CH]CC(F)=C1. The maximum absolute atomic E-state index is 12.0. The summed E-state index contributed by atoms with van der Waals surface area (Å²) in [6.45, 7) is 0. The van der Waals surface area contributed by atoms with E-state index in [2.05, 4.69) is 0 Å². The maximum atomic E-state index is 12.0. The van der Waals surface area contributed by atoms with Gasteiger partial charge in [-0.1, -0.05) is 0 Å². The van der Waals surface area contributed by atoms with E-state index in [9.17, 15) is 8.78 Å². The van der Waals surface area contributed by atoms with Crippen LogP contribution in [0.1, 0.15) is 6.42 Å². The minimum absolute atomic E-state index is 0.230. The van der Waals surface area contributed by atoms with Crippen LogP contribution in [0, 0.1) is 6.42 Å². The molecule has 0 aromatic carbocycles. The Kier molecular flexibility index (Phi) is 1.42. The van der Waals surface area contributed by atoms with Gasteiger partial charge in [0.05, 0.1) is 0 Å². The number of rotatable bonds is 0. The molecule has 0 amide bonds. The first-order valence-electron chi connectivity index (χ1n) is 2.34. The highest BCUT2D eigenvalue weighted by Crippen LogP contribution is 2.17. The maximum Gasteiger partial charge on any atom is 0.122 e. The Bertz CT molecular complexity index is 145. The van der Waals surface area contributed by atoms with Crippen molar-refractivity contribution < 1.29 is 8.78 Å². The summed E-state index contributed by atoms with van der Waals surface area (Å²) in [5.41, 5.74) is 0. The lowest BCUT2D eigenvalue weighted by atomic mass is 10.2. The number of hydrogen-bond acceptors (Lipinski definition) is 0. The Morgan fingerprint density at radius 3 is 2.50 bits per heavy atom. The summed E-state index contributed by atoms with van der Waals surface area (Å²) in [5, 5.41) is 0. The monoisotopic (exact) mass is 115 g/mol. The van der Waals surface area contributed by atoms with Crippen molar-refractivity contribution in [3.63, 3.8) is 0 Å². The van der Waals surface area contributed by atoms with Crippen molar-refractivity contribution in [2.75, 3.05) is 0 Å². The Hall–Kier alpha value is -0.660. The quantitative estimate of drug-likeness (QED) is 0.454. The van der Waals surface area contributed by atoms with E-state index in [1.54, 1.807) is 0 Å². The third-order valence-corrected chi connectivity index (χ3v) is 0.884. The summed E-state index contributed by atoms with van der Waals surface area (Å²) in [4.78, 5) is 0. The molecule has 1 radical (unpaired) electrons. The van der Waals surface area contributed by atoms with Crippen molar-refractivity contribution in [3.05, 3.63) is 30.2 Å². The molecule has 0 aromatic heterocycles. The van der Waals surface area contributed by atoms with Gasteiger partial charge >= 0.3 is 0 Å². The van der Waals surface area contributed by atoms with Gasteiger partial charge in [-0.05, 0) is 12.5 Å². The Morgan fingerprint density at radius 2 is 2.12 bits per heavy atom.